The summed E-state index contributed by atoms with van der Waals surface area (Å²) in [7, 11) is 0. The Bertz CT molecular complexity index is 1080. The number of aromatic nitrogens is 2. The first kappa shape index (κ1) is 22.1. The number of carbonyl (C=O) groups is 1. The Morgan fingerprint density at radius 3 is 2.34 bits per heavy atom. The van der Waals surface area contributed by atoms with E-state index in [1.54, 1.807) is 0 Å². The van der Waals surface area contributed by atoms with E-state index in [4.69, 9.17) is 4.74 Å². The molecule has 0 fully saturated rings. The van der Waals surface area contributed by atoms with Crippen molar-refractivity contribution in [1.82, 2.24) is 15.1 Å². The molecule has 1 aliphatic rings. The van der Waals surface area contributed by atoms with Crippen molar-refractivity contribution in [3.8, 4) is 17.0 Å². The molecule has 0 saturated heterocycles. The van der Waals surface area contributed by atoms with Gasteiger partial charge in [-0.25, -0.2) is 0 Å². The number of ether oxygens (including phenoxy) is 1. The van der Waals surface area contributed by atoms with Crippen molar-refractivity contribution in [2.45, 2.75) is 65.5 Å². The van der Waals surface area contributed by atoms with Crippen LogP contribution in [0.2, 0.25) is 0 Å². The lowest BCUT2D eigenvalue weighted by Crippen LogP contribution is -2.44. The largest absolute Gasteiger partial charge is 0.494 e. The number of benzene rings is 2. The molecule has 32 heavy (non-hydrogen) atoms. The lowest BCUT2D eigenvalue weighted by atomic mass is 9.93. The second-order valence-corrected chi connectivity index (χ2v) is 9.60. The molecule has 0 radical (unpaired) electrons. The minimum Gasteiger partial charge on any atom is -0.494 e. The van der Waals surface area contributed by atoms with Gasteiger partial charge in [0, 0.05) is 16.7 Å². The highest BCUT2D eigenvalue weighted by Crippen LogP contribution is 2.46. The van der Waals surface area contributed by atoms with Gasteiger partial charge in [-0.15, -0.1) is 0 Å². The SMILES string of the molecule is CCCCCOc1ccc(C2c3c(-c4ccc(C)cc4)n[nH]c3C(=O)N2C(C)(C)C)cc1. The van der Waals surface area contributed by atoms with E-state index in [1.807, 2.05) is 17.0 Å². The van der Waals surface area contributed by atoms with Crippen LogP contribution in [-0.2, 0) is 0 Å². The van der Waals surface area contributed by atoms with Crippen molar-refractivity contribution in [1.29, 1.82) is 0 Å². The van der Waals surface area contributed by atoms with Crippen LogP contribution in [-0.4, -0.2) is 33.2 Å². The van der Waals surface area contributed by atoms with Crippen LogP contribution in [0.4, 0.5) is 0 Å². The number of fused-ring (bicyclic) bond motifs is 1. The molecule has 0 saturated carbocycles. The number of rotatable bonds is 7. The van der Waals surface area contributed by atoms with Crippen molar-refractivity contribution < 1.29 is 9.53 Å². The Labute approximate surface area is 190 Å². The Hall–Kier alpha value is -3.08. The van der Waals surface area contributed by atoms with E-state index >= 15 is 0 Å². The lowest BCUT2D eigenvalue weighted by molar-refractivity contribution is 0.0546. The summed E-state index contributed by atoms with van der Waals surface area (Å²) in [5.41, 5.74) is 5.29. The lowest BCUT2D eigenvalue weighted by Gasteiger charge is -2.37. The molecular weight excluding hydrogens is 398 g/mol. The first-order valence-electron chi connectivity index (χ1n) is 11.5. The first-order valence-corrected chi connectivity index (χ1v) is 11.5. The number of nitrogens with zero attached hydrogens (tertiary/aromatic N) is 2. The van der Waals surface area contributed by atoms with Gasteiger partial charge in [-0.1, -0.05) is 61.7 Å². The molecule has 3 aromatic rings. The van der Waals surface area contributed by atoms with Crippen molar-refractivity contribution in [2.24, 2.45) is 0 Å². The second-order valence-electron chi connectivity index (χ2n) is 9.60. The van der Waals surface area contributed by atoms with Gasteiger partial charge in [-0.2, -0.15) is 5.10 Å². The zero-order valence-electron chi connectivity index (χ0n) is 19.7. The highest BCUT2D eigenvalue weighted by atomic mass is 16.5. The van der Waals surface area contributed by atoms with Gasteiger partial charge in [0.25, 0.3) is 5.91 Å². The van der Waals surface area contributed by atoms with Gasteiger partial charge in [-0.05, 0) is 51.8 Å². The van der Waals surface area contributed by atoms with Crippen LogP contribution >= 0.6 is 0 Å². The summed E-state index contributed by atoms with van der Waals surface area (Å²) in [4.78, 5) is 15.4. The van der Waals surface area contributed by atoms with Crippen molar-refractivity contribution >= 4 is 5.91 Å². The molecule has 5 heteroatoms. The molecule has 4 rings (SSSR count). The maximum absolute atomic E-state index is 13.4. The molecule has 5 nitrogen and oxygen atoms in total. The third-order valence-electron chi connectivity index (χ3n) is 6.03. The Balaban J connectivity index is 1.72. The van der Waals surface area contributed by atoms with Crippen LogP contribution in [0.3, 0.4) is 0 Å². The number of aryl methyl sites for hydroxylation is 1. The maximum Gasteiger partial charge on any atom is 0.273 e. The molecule has 168 valence electrons. The normalized spacial score (nSPS) is 15.8. The fourth-order valence-corrected chi connectivity index (χ4v) is 4.37. The molecule has 1 atom stereocenters. The van der Waals surface area contributed by atoms with Crippen molar-refractivity contribution in [3.63, 3.8) is 0 Å². The molecule has 0 aliphatic carbocycles. The van der Waals surface area contributed by atoms with Gasteiger partial charge < -0.3 is 9.64 Å². The van der Waals surface area contributed by atoms with E-state index in [2.05, 4.69) is 81.2 Å². The number of carbonyl (C=O) groups excluding carboxylic acids is 1. The molecular formula is C27H33N3O2. The monoisotopic (exact) mass is 431 g/mol. The second kappa shape index (κ2) is 8.81. The van der Waals surface area contributed by atoms with Crippen LogP contribution in [0.15, 0.2) is 48.5 Å². The van der Waals surface area contributed by atoms with Crippen LogP contribution < -0.4 is 4.74 Å². The highest BCUT2D eigenvalue weighted by Gasteiger charge is 2.46. The van der Waals surface area contributed by atoms with Crippen molar-refractivity contribution in [3.05, 3.63) is 70.9 Å². The fraction of sp³-hybridized carbons (Fsp3) is 0.407. The molecule has 0 spiro atoms. The van der Waals surface area contributed by atoms with Crippen LogP contribution in [0.25, 0.3) is 11.3 Å². The van der Waals surface area contributed by atoms with E-state index in [9.17, 15) is 4.79 Å². The minimum absolute atomic E-state index is 0.0109. The number of aromatic amines is 1. The van der Waals surface area contributed by atoms with E-state index < -0.39 is 0 Å². The number of hydrogen-bond acceptors (Lipinski definition) is 3. The minimum atomic E-state index is -0.346. The third-order valence-corrected chi connectivity index (χ3v) is 6.03. The Kier molecular flexibility index (Phi) is 6.09. The fourth-order valence-electron chi connectivity index (χ4n) is 4.37. The molecule has 0 bridgehead atoms. The summed E-state index contributed by atoms with van der Waals surface area (Å²) < 4.78 is 5.90. The number of nitrogens with one attached hydrogen (secondary N) is 1. The van der Waals surface area contributed by atoms with Gasteiger partial charge in [0.1, 0.15) is 11.4 Å². The average molecular weight is 432 g/mol. The topological polar surface area (TPSA) is 58.2 Å². The molecule has 1 aliphatic heterocycles. The van der Waals surface area contributed by atoms with Crippen molar-refractivity contribution in [2.75, 3.05) is 6.61 Å². The van der Waals surface area contributed by atoms with Crippen LogP contribution in [0.1, 0.15) is 80.2 Å². The number of H-pyrrole nitrogens is 1. The zero-order valence-corrected chi connectivity index (χ0v) is 19.7. The predicted octanol–water partition coefficient (Wildman–Crippen LogP) is 6.30. The zero-order chi connectivity index (χ0) is 22.9. The van der Waals surface area contributed by atoms with Gasteiger partial charge >= 0.3 is 0 Å². The summed E-state index contributed by atoms with van der Waals surface area (Å²) in [5, 5.41) is 7.59. The van der Waals surface area contributed by atoms with Gasteiger partial charge in [0.05, 0.1) is 18.3 Å². The van der Waals surface area contributed by atoms with Crippen LogP contribution in [0, 0.1) is 6.92 Å². The number of amides is 1. The predicted molar refractivity (Wildman–Crippen MR) is 128 cm³/mol. The molecule has 1 amide bonds. The molecule has 2 aromatic carbocycles. The Morgan fingerprint density at radius 1 is 1.03 bits per heavy atom. The number of unbranched alkanes of at least 4 members (excludes halogenated alkanes) is 2. The van der Waals surface area contributed by atoms with E-state index in [1.165, 1.54) is 18.4 Å². The summed E-state index contributed by atoms with van der Waals surface area (Å²) in [6.45, 7) is 11.2. The Morgan fingerprint density at radius 2 is 1.72 bits per heavy atom. The van der Waals surface area contributed by atoms with Gasteiger partial charge in [-0.3, -0.25) is 9.89 Å². The molecule has 1 unspecified atom stereocenters. The van der Waals surface area contributed by atoms with Gasteiger partial charge in [0.2, 0.25) is 0 Å². The highest BCUT2D eigenvalue weighted by molar-refractivity contribution is 6.00. The summed E-state index contributed by atoms with van der Waals surface area (Å²) in [6.07, 6.45) is 3.41. The van der Waals surface area contributed by atoms with E-state index in [0.29, 0.717) is 5.69 Å². The third kappa shape index (κ3) is 4.16. The maximum atomic E-state index is 13.4. The average Bonchev–Trinajstić information content (AvgIpc) is 3.31. The molecule has 1 aromatic heterocycles. The van der Waals surface area contributed by atoms with Gasteiger partial charge in [0.15, 0.2) is 0 Å². The smallest absolute Gasteiger partial charge is 0.273 e. The number of hydrogen-bond donors (Lipinski definition) is 1. The van der Waals surface area contributed by atoms with E-state index in [0.717, 1.165) is 41.2 Å². The first-order chi connectivity index (χ1) is 15.3. The summed E-state index contributed by atoms with van der Waals surface area (Å²) in [5.74, 6) is 0.853. The van der Waals surface area contributed by atoms with Crippen LogP contribution in [0.5, 0.6) is 5.75 Å². The molecule has 1 N–H and O–H groups in total. The van der Waals surface area contributed by atoms with E-state index in [-0.39, 0.29) is 17.5 Å². The quantitative estimate of drug-likeness (QED) is 0.447. The summed E-state index contributed by atoms with van der Waals surface area (Å²) in [6, 6.07) is 16.3. The summed E-state index contributed by atoms with van der Waals surface area (Å²) >= 11 is 0. The molecule has 2 heterocycles. The standard InChI is InChI=1S/C27H33N3O2/c1-6-7-8-17-32-21-15-13-20(14-16-21)25-22-23(19-11-9-18(2)10-12-19)28-29-24(22)26(31)30(25)27(3,4)5/h9-16,25H,6-8,17H2,1-5H3,(H,28,29).